The molecule has 2 bridgehead atoms. The Morgan fingerprint density at radius 2 is 1.69 bits per heavy atom. The van der Waals surface area contributed by atoms with E-state index in [-0.39, 0.29) is 18.3 Å². The van der Waals surface area contributed by atoms with E-state index in [4.69, 9.17) is 4.74 Å². The van der Waals surface area contributed by atoms with Crippen LogP contribution in [0.3, 0.4) is 0 Å². The Kier molecular flexibility index (Phi) is 5.36. The number of ether oxygens (including phenoxy) is 1. The quantitative estimate of drug-likeness (QED) is 0.351. The third-order valence-corrected chi connectivity index (χ3v) is 6.09. The average molecular weight is 448 g/mol. The van der Waals surface area contributed by atoms with Crippen LogP contribution in [0.5, 0.6) is 0 Å². The number of hydrogen-bond donors (Lipinski definition) is 1. The fourth-order valence-electron chi connectivity index (χ4n) is 2.38. The predicted octanol–water partition coefficient (Wildman–Crippen LogP) is 3.24. The van der Waals surface area contributed by atoms with Crippen molar-refractivity contribution in [2.24, 2.45) is 0 Å². The van der Waals surface area contributed by atoms with Crippen molar-refractivity contribution in [2.75, 3.05) is 0 Å². The van der Waals surface area contributed by atoms with Crippen LogP contribution in [0.2, 0.25) is 0 Å². The van der Waals surface area contributed by atoms with Crippen LogP contribution in [-0.4, -0.2) is 31.3 Å². The van der Waals surface area contributed by atoms with Crippen LogP contribution in [0.4, 0.5) is 0 Å². The maximum atomic E-state index is 10.0. The van der Waals surface area contributed by atoms with Gasteiger partial charge in [-0.25, -0.2) is 0 Å². The number of aliphatic hydroxyl groups excluding tert-OH is 1. The number of fused-ring (bicyclic) bond motifs is 2. The topological polar surface area (TPSA) is 29.5 Å². The molecule has 0 aromatic carbocycles. The normalized spacial score (nSPS) is 47.3. The van der Waals surface area contributed by atoms with Crippen LogP contribution in [0, 0.1) is 0 Å². The summed E-state index contributed by atoms with van der Waals surface area (Å²) in [6.45, 7) is 0. The van der Waals surface area contributed by atoms with Gasteiger partial charge in [0, 0.05) is 14.3 Å². The van der Waals surface area contributed by atoms with Crippen LogP contribution in [0.15, 0.2) is 12.2 Å². The molecule has 0 aliphatic carbocycles. The van der Waals surface area contributed by atoms with Gasteiger partial charge >= 0.3 is 0 Å². The molecule has 0 saturated carbocycles. The Morgan fingerprint density at radius 3 is 2.38 bits per heavy atom. The fraction of sp³-hybridized carbons (Fsp3) is 0.833. The second kappa shape index (κ2) is 6.33. The van der Waals surface area contributed by atoms with Gasteiger partial charge in [-0.3, -0.25) is 0 Å². The van der Waals surface area contributed by atoms with E-state index in [0.717, 1.165) is 32.1 Å². The number of hydrogen-bond acceptors (Lipinski definition) is 2. The van der Waals surface area contributed by atoms with Gasteiger partial charge in [0.05, 0.1) is 18.3 Å². The van der Waals surface area contributed by atoms with E-state index in [1.165, 1.54) is 0 Å². The summed E-state index contributed by atoms with van der Waals surface area (Å²) < 4.78 is 7.00. The number of halogens is 2. The lowest BCUT2D eigenvalue weighted by molar-refractivity contribution is 0.0118. The molecule has 0 spiro atoms. The van der Waals surface area contributed by atoms with E-state index in [0.29, 0.717) is 7.85 Å². The standard InChI is InChI=1S/C12H18I2O2/c13-8-5-3-1-2-4-6-9(14)12-10(15)7-11(8)16-12/h1-2,8-12,15H,3-7H2/b2-1-/t8-,9+,10-,11+,12+/m1/s1. The van der Waals surface area contributed by atoms with Crippen molar-refractivity contribution in [1.82, 2.24) is 0 Å². The van der Waals surface area contributed by atoms with Crippen LogP contribution >= 0.6 is 45.2 Å². The molecule has 4 heteroatoms. The lowest BCUT2D eigenvalue weighted by Gasteiger charge is -2.21. The van der Waals surface area contributed by atoms with Crippen molar-refractivity contribution in [1.29, 1.82) is 0 Å². The molecule has 2 aliphatic heterocycles. The SMILES string of the molecule is O[C@@H]1C[C@@H]2O[C@H]1[C@@H](I)CC/C=C\CC[C@H]2I. The first-order valence-corrected chi connectivity index (χ1v) is 8.44. The number of allylic oxidation sites excluding steroid dienone is 2. The van der Waals surface area contributed by atoms with Gasteiger partial charge in [0.1, 0.15) is 0 Å². The van der Waals surface area contributed by atoms with E-state index in [1.54, 1.807) is 0 Å². The summed E-state index contributed by atoms with van der Waals surface area (Å²) in [5.41, 5.74) is 0. The van der Waals surface area contributed by atoms with Gasteiger partial charge in [-0.15, -0.1) is 0 Å². The third-order valence-electron chi connectivity index (χ3n) is 3.33. The molecule has 2 aliphatic rings. The highest BCUT2D eigenvalue weighted by molar-refractivity contribution is 14.1. The smallest absolute Gasteiger partial charge is 0.0956 e. The minimum Gasteiger partial charge on any atom is -0.390 e. The van der Waals surface area contributed by atoms with E-state index >= 15 is 0 Å². The van der Waals surface area contributed by atoms with Gasteiger partial charge in [0.2, 0.25) is 0 Å². The van der Waals surface area contributed by atoms with E-state index in [2.05, 4.69) is 57.3 Å². The van der Waals surface area contributed by atoms with Crippen molar-refractivity contribution < 1.29 is 9.84 Å². The van der Waals surface area contributed by atoms with Crippen molar-refractivity contribution in [3.8, 4) is 0 Å². The van der Waals surface area contributed by atoms with Crippen molar-refractivity contribution in [3.63, 3.8) is 0 Å². The number of alkyl halides is 2. The molecule has 2 nitrogen and oxygen atoms in total. The zero-order valence-electron chi connectivity index (χ0n) is 9.19. The zero-order valence-corrected chi connectivity index (χ0v) is 13.5. The molecular formula is C12H18I2O2. The van der Waals surface area contributed by atoms with Gasteiger partial charge in [-0.2, -0.15) is 0 Å². The minimum atomic E-state index is -0.257. The molecule has 1 N–H and O–H groups in total. The van der Waals surface area contributed by atoms with E-state index < -0.39 is 0 Å². The molecule has 0 radical (unpaired) electrons. The van der Waals surface area contributed by atoms with Crippen molar-refractivity contribution in [3.05, 3.63) is 12.2 Å². The second-order valence-corrected chi connectivity index (χ2v) is 7.80. The van der Waals surface area contributed by atoms with Crippen LogP contribution in [0.25, 0.3) is 0 Å². The summed E-state index contributed by atoms with van der Waals surface area (Å²) >= 11 is 4.91. The van der Waals surface area contributed by atoms with Crippen molar-refractivity contribution in [2.45, 2.75) is 58.3 Å². The largest absolute Gasteiger partial charge is 0.390 e. The highest BCUT2D eigenvalue weighted by Gasteiger charge is 2.40. The maximum absolute atomic E-state index is 10.0. The monoisotopic (exact) mass is 448 g/mol. The Balaban J connectivity index is 2.06. The molecule has 0 aromatic rings. The van der Waals surface area contributed by atoms with Gasteiger partial charge in [0.25, 0.3) is 0 Å². The Bertz CT molecular complexity index is 257. The first-order valence-electron chi connectivity index (χ1n) is 5.95. The van der Waals surface area contributed by atoms with E-state index in [1.807, 2.05) is 0 Å². The van der Waals surface area contributed by atoms with Gasteiger partial charge in [-0.1, -0.05) is 57.3 Å². The molecule has 0 amide bonds. The van der Waals surface area contributed by atoms with Gasteiger partial charge < -0.3 is 9.84 Å². The summed E-state index contributed by atoms with van der Waals surface area (Å²) in [5, 5.41) is 10.0. The summed E-state index contributed by atoms with van der Waals surface area (Å²) in [7, 11) is 0. The van der Waals surface area contributed by atoms with Crippen molar-refractivity contribution >= 4 is 45.2 Å². The Hall–Kier alpha value is 1.12. The zero-order chi connectivity index (χ0) is 11.5. The van der Waals surface area contributed by atoms with Gasteiger partial charge in [-0.05, 0) is 25.7 Å². The van der Waals surface area contributed by atoms with E-state index in [9.17, 15) is 5.11 Å². The van der Waals surface area contributed by atoms with Gasteiger partial charge in [0.15, 0.2) is 0 Å². The second-order valence-electron chi connectivity index (χ2n) is 4.60. The molecule has 1 saturated heterocycles. The maximum Gasteiger partial charge on any atom is 0.0956 e. The highest BCUT2D eigenvalue weighted by Crippen LogP contribution is 2.34. The molecule has 2 heterocycles. The molecule has 0 aromatic heterocycles. The molecule has 16 heavy (non-hydrogen) atoms. The fourth-order valence-corrected chi connectivity index (χ4v) is 4.21. The number of aliphatic hydroxyl groups is 1. The predicted molar refractivity (Wildman–Crippen MR) is 82.5 cm³/mol. The molecular weight excluding hydrogens is 430 g/mol. The first-order chi connectivity index (χ1) is 7.68. The number of rotatable bonds is 0. The van der Waals surface area contributed by atoms with Crippen LogP contribution in [-0.2, 0) is 4.74 Å². The molecule has 2 rings (SSSR count). The lowest BCUT2D eigenvalue weighted by Crippen LogP contribution is -2.30. The first kappa shape index (κ1) is 13.5. The summed E-state index contributed by atoms with van der Waals surface area (Å²) in [6.07, 6.45) is 9.96. The van der Waals surface area contributed by atoms with Crippen LogP contribution in [0.1, 0.15) is 32.1 Å². The lowest BCUT2D eigenvalue weighted by atomic mass is 10.0. The molecule has 0 unspecified atom stereocenters. The Labute approximate surface area is 124 Å². The Morgan fingerprint density at radius 1 is 1.06 bits per heavy atom. The highest BCUT2D eigenvalue weighted by atomic mass is 127. The molecule has 1 fully saturated rings. The molecule has 92 valence electrons. The summed E-state index contributed by atoms with van der Waals surface area (Å²) in [5.74, 6) is 0. The third kappa shape index (κ3) is 3.32. The average Bonchev–Trinajstić information content (AvgIpc) is 2.63. The van der Waals surface area contributed by atoms with Crippen LogP contribution < -0.4 is 0 Å². The summed E-state index contributed by atoms with van der Waals surface area (Å²) in [6, 6.07) is 0. The minimum absolute atomic E-state index is 0.0503. The summed E-state index contributed by atoms with van der Waals surface area (Å²) in [4.78, 5) is 0. The molecule has 5 atom stereocenters.